The van der Waals surface area contributed by atoms with Crippen molar-refractivity contribution >= 4 is 11.9 Å². The molecule has 2 fully saturated rings. The van der Waals surface area contributed by atoms with E-state index >= 15 is 0 Å². The predicted molar refractivity (Wildman–Crippen MR) is 67.2 cm³/mol. The summed E-state index contributed by atoms with van der Waals surface area (Å²) in [7, 11) is 0. The molecule has 0 unspecified atom stereocenters. The van der Waals surface area contributed by atoms with Crippen molar-refractivity contribution in [3.05, 3.63) is 0 Å². The number of hydrogen-bond donors (Lipinski definition) is 2. The van der Waals surface area contributed by atoms with Crippen LogP contribution in [-0.4, -0.2) is 47.1 Å². The Morgan fingerprint density at radius 3 is 2.39 bits per heavy atom. The van der Waals surface area contributed by atoms with Crippen LogP contribution in [0.15, 0.2) is 0 Å². The Balaban J connectivity index is 1.74. The van der Waals surface area contributed by atoms with E-state index in [0.717, 1.165) is 25.7 Å². The summed E-state index contributed by atoms with van der Waals surface area (Å²) in [6.45, 7) is 0.714. The standard InChI is InChI=1S/C13H22N2O3/c16-12(9-14-10-3-1-2-4-10)15(11-5-6-11)8-7-13(17)18/h10-11,14H,1-9H2,(H,17,18). The summed E-state index contributed by atoms with van der Waals surface area (Å²) >= 11 is 0. The van der Waals surface area contributed by atoms with E-state index in [1.54, 1.807) is 4.90 Å². The zero-order chi connectivity index (χ0) is 13.0. The average Bonchev–Trinajstić information content (AvgIpc) is 3.03. The van der Waals surface area contributed by atoms with Crippen molar-refractivity contribution in [2.75, 3.05) is 13.1 Å². The van der Waals surface area contributed by atoms with E-state index in [-0.39, 0.29) is 12.3 Å². The van der Waals surface area contributed by atoms with E-state index in [1.165, 1.54) is 12.8 Å². The Morgan fingerprint density at radius 2 is 1.83 bits per heavy atom. The SMILES string of the molecule is O=C(O)CCN(C(=O)CNC1CCCC1)C1CC1. The summed E-state index contributed by atoms with van der Waals surface area (Å²) in [6, 6.07) is 0.775. The molecule has 5 heteroatoms. The fourth-order valence-corrected chi connectivity index (χ4v) is 2.58. The van der Waals surface area contributed by atoms with Crippen LogP contribution in [-0.2, 0) is 9.59 Å². The van der Waals surface area contributed by atoms with Gasteiger partial charge in [-0.15, -0.1) is 0 Å². The first-order valence-electron chi connectivity index (χ1n) is 6.91. The van der Waals surface area contributed by atoms with Crippen molar-refractivity contribution in [1.82, 2.24) is 10.2 Å². The number of amides is 1. The number of hydrogen-bond acceptors (Lipinski definition) is 3. The Bertz CT molecular complexity index is 309. The summed E-state index contributed by atoms with van der Waals surface area (Å²) < 4.78 is 0. The molecule has 0 spiro atoms. The predicted octanol–water partition coefficient (Wildman–Crippen LogP) is 0.984. The largest absolute Gasteiger partial charge is 0.481 e. The van der Waals surface area contributed by atoms with Crippen LogP contribution < -0.4 is 5.32 Å². The first-order chi connectivity index (χ1) is 8.66. The molecule has 1 amide bonds. The van der Waals surface area contributed by atoms with E-state index in [2.05, 4.69) is 5.32 Å². The molecule has 102 valence electrons. The van der Waals surface area contributed by atoms with E-state index in [4.69, 9.17) is 5.11 Å². The highest BCUT2D eigenvalue weighted by Gasteiger charge is 2.32. The van der Waals surface area contributed by atoms with Crippen molar-refractivity contribution in [1.29, 1.82) is 0 Å². The molecule has 0 aromatic rings. The zero-order valence-corrected chi connectivity index (χ0v) is 10.7. The normalized spacial score (nSPS) is 20.0. The highest BCUT2D eigenvalue weighted by atomic mass is 16.4. The fourth-order valence-electron chi connectivity index (χ4n) is 2.58. The summed E-state index contributed by atoms with van der Waals surface area (Å²) in [6.07, 6.45) is 6.90. The second kappa shape index (κ2) is 6.18. The monoisotopic (exact) mass is 254 g/mol. The van der Waals surface area contributed by atoms with Gasteiger partial charge in [0.15, 0.2) is 0 Å². The number of carboxylic acid groups (broad SMARTS) is 1. The lowest BCUT2D eigenvalue weighted by Crippen LogP contribution is -2.43. The van der Waals surface area contributed by atoms with Crippen molar-refractivity contribution in [3.8, 4) is 0 Å². The Hall–Kier alpha value is -1.10. The molecule has 0 radical (unpaired) electrons. The first-order valence-corrected chi connectivity index (χ1v) is 6.91. The molecule has 0 aromatic carbocycles. The third-order valence-corrected chi connectivity index (χ3v) is 3.77. The minimum Gasteiger partial charge on any atom is -0.481 e. The second-order valence-electron chi connectivity index (χ2n) is 5.32. The highest BCUT2D eigenvalue weighted by molar-refractivity contribution is 5.79. The zero-order valence-electron chi connectivity index (χ0n) is 10.7. The third-order valence-electron chi connectivity index (χ3n) is 3.77. The quantitative estimate of drug-likeness (QED) is 0.710. The van der Waals surface area contributed by atoms with Gasteiger partial charge in [0.2, 0.25) is 5.91 Å². The van der Waals surface area contributed by atoms with Crippen molar-refractivity contribution in [3.63, 3.8) is 0 Å². The molecular weight excluding hydrogens is 232 g/mol. The second-order valence-corrected chi connectivity index (χ2v) is 5.32. The van der Waals surface area contributed by atoms with Crippen LogP contribution in [0.25, 0.3) is 0 Å². The van der Waals surface area contributed by atoms with E-state index < -0.39 is 5.97 Å². The maximum absolute atomic E-state index is 12.1. The van der Waals surface area contributed by atoms with Gasteiger partial charge in [-0.2, -0.15) is 0 Å². The average molecular weight is 254 g/mol. The Kier molecular flexibility index (Phi) is 4.58. The molecule has 0 aliphatic heterocycles. The maximum atomic E-state index is 12.1. The molecule has 0 atom stereocenters. The molecule has 2 saturated carbocycles. The summed E-state index contributed by atoms with van der Waals surface area (Å²) in [5.74, 6) is -0.775. The maximum Gasteiger partial charge on any atom is 0.305 e. The first kappa shape index (κ1) is 13.3. The van der Waals surface area contributed by atoms with E-state index in [0.29, 0.717) is 25.2 Å². The van der Waals surface area contributed by atoms with Crippen molar-refractivity contribution in [2.45, 2.75) is 57.0 Å². The van der Waals surface area contributed by atoms with Crippen molar-refractivity contribution in [2.24, 2.45) is 0 Å². The summed E-state index contributed by atoms with van der Waals surface area (Å²) in [4.78, 5) is 24.4. The molecule has 2 rings (SSSR count). The molecule has 0 saturated heterocycles. The van der Waals surface area contributed by atoms with E-state index in [9.17, 15) is 9.59 Å². The molecule has 0 bridgehead atoms. The summed E-state index contributed by atoms with van der Waals surface area (Å²) in [5.41, 5.74) is 0. The van der Waals surface area contributed by atoms with Gasteiger partial charge in [-0.25, -0.2) is 0 Å². The van der Waals surface area contributed by atoms with Gasteiger partial charge in [0.25, 0.3) is 0 Å². The highest BCUT2D eigenvalue weighted by Crippen LogP contribution is 2.27. The summed E-state index contributed by atoms with van der Waals surface area (Å²) in [5, 5.41) is 12.0. The van der Waals surface area contributed by atoms with Gasteiger partial charge in [0.1, 0.15) is 0 Å². The van der Waals surface area contributed by atoms with Gasteiger partial charge in [0, 0.05) is 18.6 Å². The minimum absolute atomic E-state index is 0.0473. The number of nitrogens with one attached hydrogen (secondary N) is 1. The lowest BCUT2D eigenvalue weighted by molar-refractivity contribution is -0.138. The third kappa shape index (κ3) is 3.98. The topological polar surface area (TPSA) is 69.6 Å². The Labute approximate surface area is 108 Å². The van der Waals surface area contributed by atoms with Gasteiger partial charge in [-0.1, -0.05) is 12.8 Å². The van der Waals surface area contributed by atoms with Gasteiger partial charge in [-0.3, -0.25) is 9.59 Å². The number of nitrogens with zero attached hydrogens (tertiary/aromatic N) is 1. The molecule has 0 aromatic heterocycles. The van der Waals surface area contributed by atoms with E-state index in [1.807, 2.05) is 0 Å². The van der Waals surface area contributed by atoms with Gasteiger partial charge in [-0.05, 0) is 25.7 Å². The molecule has 2 N–H and O–H groups in total. The number of carbonyl (C=O) groups is 2. The van der Waals surface area contributed by atoms with Crippen LogP contribution in [0.5, 0.6) is 0 Å². The smallest absolute Gasteiger partial charge is 0.305 e. The van der Waals surface area contributed by atoms with Crippen LogP contribution >= 0.6 is 0 Å². The lowest BCUT2D eigenvalue weighted by atomic mass is 10.2. The number of aliphatic carboxylic acids is 1. The van der Waals surface area contributed by atoms with Crippen LogP contribution in [0.4, 0.5) is 0 Å². The van der Waals surface area contributed by atoms with Crippen LogP contribution in [0, 0.1) is 0 Å². The minimum atomic E-state index is -0.836. The molecule has 2 aliphatic rings. The number of carbonyl (C=O) groups excluding carboxylic acids is 1. The number of rotatable bonds is 7. The number of carboxylic acids is 1. The van der Waals surface area contributed by atoms with Crippen molar-refractivity contribution < 1.29 is 14.7 Å². The Morgan fingerprint density at radius 1 is 1.17 bits per heavy atom. The van der Waals surface area contributed by atoms with Gasteiger partial charge in [0.05, 0.1) is 13.0 Å². The fraction of sp³-hybridized carbons (Fsp3) is 0.846. The van der Waals surface area contributed by atoms with Crippen LogP contribution in [0.3, 0.4) is 0 Å². The molecule has 5 nitrogen and oxygen atoms in total. The van der Waals surface area contributed by atoms with Gasteiger partial charge >= 0.3 is 5.97 Å². The lowest BCUT2D eigenvalue weighted by Gasteiger charge is -2.23. The molecule has 18 heavy (non-hydrogen) atoms. The molecular formula is C13H22N2O3. The van der Waals surface area contributed by atoms with Crippen LogP contribution in [0.1, 0.15) is 44.9 Å². The molecule has 2 aliphatic carbocycles. The van der Waals surface area contributed by atoms with Gasteiger partial charge < -0.3 is 15.3 Å². The van der Waals surface area contributed by atoms with Crippen LogP contribution in [0.2, 0.25) is 0 Å². The molecule has 0 heterocycles.